The van der Waals surface area contributed by atoms with Crippen LogP contribution in [0.3, 0.4) is 0 Å². The van der Waals surface area contributed by atoms with E-state index in [0.717, 1.165) is 5.56 Å². The van der Waals surface area contributed by atoms with Crippen molar-refractivity contribution in [2.24, 2.45) is 11.8 Å². The zero-order chi connectivity index (χ0) is 30.4. The number of rotatable bonds is 3. The molecule has 10 heteroatoms. The van der Waals surface area contributed by atoms with Crippen molar-refractivity contribution >= 4 is 23.7 Å². The van der Waals surface area contributed by atoms with E-state index < -0.39 is 59.1 Å². The summed E-state index contributed by atoms with van der Waals surface area (Å²) in [5.74, 6) is -3.44. The van der Waals surface area contributed by atoms with E-state index in [1.165, 1.54) is 4.90 Å². The minimum absolute atomic E-state index is 0.0679. The summed E-state index contributed by atoms with van der Waals surface area (Å²) < 4.78 is 12.6. The van der Waals surface area contributed by atoms with Crippen LogP contribution >= 0.6 is 0 Å². The molecule has 5 rings (SSSR count). The monoisotopic (exact) mass is 579 g/mol. The Labute approximate surface area is 246 Å². The highest BCUT2D eigenvalue weighted by molar-refractivity contribution is 5.99. The molecule has 0 saturated carbocycles. The van der Waals surface area contributed by atoms with Gasteiger partial charge in [-0.15, -0.1) is 0 Å². The predicted octanol–water partition coefficient (Wildman–Crippen LogP) is 2.24. The number of ether oxygens (including phenoxy) is 2. The van der Waals surface area contributed by atoms with E-state index in [1.807, 2.05) is 70.2 Å². The van der Waals surface area contributed by atoms with Gasteiger partial charge in [-0.2, -0.15) is 0 Å². The number of hydrogen-bond donors (Lipinski definition) is 1. The van der Waals surface area contributed by atoms with Crippen LogP contribution in [0.25, 0.3) is 0 Å². The topological polar surface area (TPSA) is 117 Å². The Balaban J connectivity index is 1.61. The highest BCUT2D eigenvalue weighted by atomic mass is 16.6. The van der Waals surface area contributed by atoms with Crippen molar-refractivity contribution < 1.29 is 33.8 Å². The maximum absolute atomic E-state index is 14.4. The summed E-state index contributed by atoms with van der Waals surface area (Å²) in [6.45, 7) is 7.43. The summed E-state index contributed by atoms with van der Waals surface area (Å²) >= 11 is 0. The molecule has 1 N–H and O–H groups in total. The number of aliphatic hydroxyl groups is 1. The highest BCUT2D eigenvalue weighted by Gasteiger charge is 2.73. The lowest BCUT2D eigenvalue weighted by molar-refractivity contribution is -0.164. The van der Waals surface area contributed by atoms with Crippen LogP contribution in [0.5, 0.6) is 0 Å². The molecule has 10 nitrogen and oxygen atoms in total. The van der Waals surface area contributed by atoms with Crippen molar-refractivity contribution in [3.05, 3.63) is 60.2 Å². The molecule has 1 spiro atoms. The van der Waals surface area contributed by atoms with Gasteiger partial charge in [0, 0.05) is 32.1 Å². The number of esters is 1. The normalized spacial score (nSPS) is 34.7. The molecular weight excluding hydrogens is 538 g/mol. The smallest absolute Gasteiger partial charge is 0.313 e. The fourth-order valence-electron chi connectivity index (χ4n) is 6.81. The van der Waals surface area contributed by atoms with Crippen LogP contribution in [-0.2, 0) is 28.7 Å². The number of amides is 3. The molecule has 5 bridgehead atoms. The molecule has 0 unspecified atom stereocenters. The van der Waals surface area contributed by atoms with Gasteiger partial charge in [-0.05, 0) is 39.7 Å². The summed E-state index contributed by atoms with van der Waals surface area (Å²) in [6, 6.07) is 7.68. The number of nitrogens with zero attached hydrogens (tertiary/aromatic N) is 3. The third-order valence-corrected chi connectivity index (χ3v) is 9.09. The van der Waals surface area contributed by atoms with E-state index in [-0.39, 0.29) is 37.9 Å². The molecule has 42 heavy (non-hydrogen) atoms. The third kappa shape index (κ3) is 4.94. The van der Waals surface area contributed by atoms with E-state index in [0.29, 0.717) is 6.42 Å². The quantitative estimate of drug-likeness (QED) is 0.431. The van der Waals surface area contributed by atoms with E-state index >= 15 is 0 Å². The molecule has 1 aromatic rings. The molecule has 2 fully saturated rings. The second-order valence-corrected chi connectivity index (χ2v) is 12.6. The number of likely N-dealkylation sites (tertiary alicyclic amines) is 1. The third-order valence-electron chi connectivity index (χ3n) is 9.09. The molecule has 0 aromatic heterocycles. The molecule has 0 aliphatic carbocycles. The Bertz CT molecular complexity index is 1290. The first-order chi connectivity index (χ1) is 19.9. The number of cyclic esters (lactones) is 1. The lowest BCUT2D eigenvalue weighted by Gasteiger charge is -2.41. The Morgan fingerprint density at radius 3 is 2.43 bits per heavy atom. The van der Waals surface area contributed by atoms with Crippen molar-refractivity contribution in [1.29, 1.82) is 0 Å². The molecule has 4 aliphatic heterocycles. The van der Waals surface area contributed by atoms with E-state index in [1.54, 1.807) is 29.0 Å². The summed E-state index contributed by atoms with van der Waals surface area (Å²) in [6.07, 6.45) is 6.43. The summed E-state index contributed by atoms with van der Waals surface area (Å²) in [7, 11) is 1.70. The second-order valence-electron chi connectivity index (χ2n) is 12.6. The number of fused-ring (bicyclic) bond motifs is 2. The maximum Gasteiger partial charge on any atom is 0.313 e. The van der Waals surface area contributed by atoms with Gasteiger partial charge in [0.1, 0.15) is 23.7 Å². The molecule has 3 amide bonds. The van der Waals surface area contributed by atoms with E-state index in [4.69, 9.17) is 9.47 Å². The largest absolute Gasteiger partial charge is 0.455 e. The fraction of sp³-hybridized carbons (Fsp3) is 0.562. The predicted molar refractivity (Wildman–Crippen MR) is 154 cm³/mol. The first kappa shape index (κ1) is 30.0. The van der Waals surface area contributed by atoms with Crippen LogP contribution < -0.4 is 0 Å². The van der Waals surface area contributed by atoms with Crippen molar-refractivity contribution in [3.63, 3.8) is 0 Å². The Kier molecular flexibility index (Phi) is 8.06. The van der Waals surface area contributed by atoms with Crippen molar-refractivity contribution in [2.45, 2.75) is 76.0 Å². The second kappa shape index (κ2) is 11.3. The number of aliphatic hydroxyl groups excluding tert-OH is 1. The van der Waals surface area contributed by atoms with Crippen LogP contribution in [0.1, 0.15) is 52.2 Å². The fourth-order valence-corrected chi connectivity index (χ4v) is 6.81. The molecule has 0 radical (unpaired) electrons. The molecule has 4 heterocycles. The van der Waals surface area contributed by atoms with Gasteiger partial charge >= 0.3 is 5.97 Å². The van der Waals surface area contributed by atoms with Crippen molar-refractivity contribution in [1.82, 2.24) is 14.7 Å². The molecule has 4 aliphatic rings. The zero-order valence-electron chi connectivity index (χ0n) is 24.9. The molecule has 226 valence electrons. The number of likely N-dealkylation sites (N-methyl/N-ethyl adjacent to an activating group) is 1. The van der Waals surface area contributed by atoms with Gasteiger partial charge in [-0.3, -0.25) is 19.2 Å². The van der Waals surface area contributed by atoms with E-state index in [9.17, 15) is 24.3 Å². The number of β-amino-alcohol motifs (C(OH)–C–C–N with tert-alkyl or cyclic N) is 1. The molecule has 1 aromatic carbocycles. The van der Waals surface area contributed by atoms with Gasteiger partial charge in [-0.25, -0.2) is 0 Å². The maximum atomic E-state index is 14.4. The Morgan fingerprint density at radius 2 is 1.76 bits per heavy atom. The van der Waals surface area contributed by atoms with Gasteiger partial charge in [0.15, 0.2) is 0 Å². The van der Waals surface area contributed by atoms with Gasteiger partial charge in [0.05, 0.1) is 24.7 Å². The van der Waals surface area contributed by atoms with E-state index in [2.05, 4.69) is 0 Å². The standard InChI is InChI=1S/C32H41N3O7/c1-20-26(21-12-8-6-9-13-21)41-30(40)24-22-15-16-32(42-22)25(24)28(38)34(18-19-36)27(32)29(39)35(31(2,3)4)17-11-7-10-14-23(37)33(20)5/h6-9,11-13,15-16,20,22,24-27,36H,10,14,17-19H2,1-5H3/b11-7-/t20-,22+,24-,25-,26+,27+,32-/m1/s1. The Hall–Kier alpha value is -3.50. The Morgan fingerprint density at radius 1 is 1.05 bits per heavy atom. The summed E-state index contributed by atoms with van der Waals surface area (Å²) in [4.78, 5) is 60.3. The first-order valence-electron chi connectivity index (χ1n) is 14.7. The van der Waals surface area contributed by atoms with Crippen LogP contribution in [-0.4, -0.2) is 99.6 Å². The summed E-state index contributed by atoms with van der Waals surface area (Å²) in [5.41, 5.74) is -1.25. The van der Waals surface area contributed by atoms with Gasteiger partial charge in [0.2, 0.25) is 17.7 Å². The average molecular weight is 580 g/mol. The number of hydrogen-bond acceptors (Lipinski definition) is 7. The minimum atomic E-state index is -1.36. The highest BCUT2D eigenvalue weighted by Crippen LogP contribution is 2.56. The van der Waals surface area contributed by atoms with Crippen LogP contribution in [0.2, 0.25) is 0 Å². The SMILES string of the molecule is C[C@@H]1[C@@H](c2ccccc2)OC(=O)[C@@H]2[C@@H]3C=C[C@]4(O3)[C@H](C(=O)N(C(C)(C)C)C/C=C\CCC(=O)N1C)N(CCO)C(=O)[C@@H]24. The van der Waals surface area contributed by atoms with Gasteiger partial charge < -0.3 is 29.3 Å². The van der Waals surface area contributed by atoms with Crippen molar-refractivity contribution in [2.75, 3.05) is 26.7 Å². The number of carbonyl (C=O) groups excluding carboxylic acids is 4. The molecule has 2 saturated heterocycles. The lowest BCUT2D eigenvalue weighted by Crippen LogP contribution is -2.59. The number of carbonyl (C=O) groups is 4. The first-order valence-corrected chi connectivity index (χ1v) is 14.7. The number of allylic oxidation sites excluding steroid dienone is 1. The minimum Gasteiger partial charge on any atom is -0.455 e. The van der Waals surface area contributed by atoms with Crippen molar-refractivity contribution in [3.8, 4) is 0 Å². The zero-order valence-corrected chi connectivity index (χ0v) is 24.9. The average Bonchev–Trinajstić information content (AvgIpc) is 3.59. The number of benzene rings is 1. The van der Waals surface area contributed by atoms with Crippen LogP contribution in [0.15, 0.2) is 54.6 Å². The van der Waals surface area contributed by atoms with Gasteiger partial charge in [0.25, 0.3) is 0 Å². The van der Waals surface area contributed by atoms with Crippen LogP contribution in [0.4, 0.5) is 0 Å². The van der Waals surface area contributed by atoms with Crippen LogP contribution in [0, 0.1) is 11.8 Å². The lowest BCUT2D eigenvalue weighted by atomic mass is 9.74. The van der Waals surface area contributed by atoms with Gasteiger partial charge in [-0.1, -0.05) is 54.6 Å². The molecule has 7 atom stereocenters. The molecular formula is C32H41N3O7. The summed E-state index contributed by atoms with van der Waals surface area (Å²) in [5, 5.41) is 9.89.